The van der Waals surface area contributed by atoms with Crippen LogP contribution in [0.2, 0.25) is 5.02 Å². The summed E-state index contributed by atoms with van der Waals surface area (Å²) in [6.07, 6.45) is 2.61. The Balaban J connectivity index is 2.30. The topological polar surface area (TPSA) is 79.3 Å². The van der Waals surface area contributed by atoms with Gasteiger partial charge in [0, 0.05) is 10.7 Å². The van der Waals surface area contributed by atoms with Crippen LogP contribution in [0, 0.1) is 0 Å². The van der Waals surface area contributed by atoms with Gasteiger partial charge in [-0.05, 0) is 24.3 Å². The predicted octanol–water partition coefficient (Wildman–Crippen LogP) is 3.45. The average Bonchev–Trinajstić information content (AvgIpc) is 2.38. The molecule has 0 radical (unpaired) electrons. The molecular weight excluding hydrogens is 348 g/mol. The second-order valence-corrected chi connectivity index (χ2v) is 5.13. The maximum absolute atomic E-state index is 12.1. The number of halogens is 2. The van der Waals surface area contributed by atoms with Crippen molar-refractivity contribution in [3.8, 4) is 0 Å². The molecule has 1 heterocycles. The van der Waals surface area contributed by atoms with Crippen LogP contribution in [0.15, 0.2) is 41.1 Å². The quantitative estimate of drug-likeness (QED) is 0.884. The average molecular weight is 356 g/mol. The van der Waals surface area contributed by atoms with Gasteiger partial charge in [-0.3, -0.25) is 9.78 Å². The first-order valence-corrected chi connectivity index (χ1v) is 6.60. The van der Waals surface area contributed by atoms with Gasteiger partial charge in [0.25, 0.3) is 5.91 Å². The zero-order valence-electron chi connectivity index (χ0n) is 9.93. The van der Waals surface area contributed by atoms with E-state index in [1.54, 1.807) is 18.2 Å². The Morgan fingerprint density at radius 1 is 1.25 bits per heavy atom. The summed E-state index contributed by atoms with van der Waals surface area (Å²) in [5, 5.41) is 11.8. The van der Waals surface area contributed by atoms with Crippen LogP contribution in [0.4, 0.5) is 5.69 Å². The Labute approximate surface area is 127 Å². The van der Waals surface area contributed by atoms with Crippen molar-refractivity contribution in [1.82, 2.24) is 4.98 Å². The molecule has 1 aromatic heterocycles. The van der Waals surface area contributed by atoms with Crippen molar-refractivity contribution in [2.75, 3.05) is 5.32 Å². The Bertz CT molecular complexity index is 691. The largest absolute Gasteiger partial charge is 0.478 e. The number of carboxylic acids is 1. The zero-order chi connectivity index (χ0) is 14.7. The minimum atomic E-state index is -1.15. The second-order valence-electron chi connectivity index (χ2n) is 3.80. The number of nitrogens with zero attached hydrogens (tertiary/aromatic N) is 1. The van der Waals surface area contributed by atoms with Gasteiger partial charge in [0.1, 0.15) is 0 Å². The van der Waals surface area contributed by atoms with Gasteiger partial charge in [-0.15, -0.1) is 0 Å². The number of aromatic nitrogens is 1. The number of pyridine rings is 1. The summed E-state index contributed by atoms with van der Waals surface area (Å²) in [7, 11) is 0. The fourth-order valence-corrected chi connectivity index (χ4v) is 2.30. The fraction of sp³-hybridized carbons (Fsp3) is 0. The maximum Gasteiger partial charge on any atom is 0.337 e. The number of nitrogens with one attached hydrogen (secondary N) is 1. The molecule has 0 saturated heterocycles. The number of carbonyl (C=O) groups excluding carboxylic acids is 1. The lowest BCUT2D eigenvalue weighted by molar-refractivity contribution is 0.0698. The van der Waals surface area contributed by atoms with Crippen molar-refractivity contribution >= 4 is 45.1 Å². The summed E-state index contributed by atoms with van der Waals surface area (Å²) in [5.41, 5.74) is 0.320. The van der Waals surface area contributed by atoms with E-state index >= 15 is 0 Å². The molecule has 1 aromatic carbocycles. The lowest BCUT2D eigenvalue weighted by Crippen LogP contribution is -2.15. The van der Waals surface area contributed by atoms with E-state index in [2.05, 4.69) is 26.2 Å². The van der Waals surface area contributed by atoms with Crippen molar-refractivity contribution in [3.05, 3.63) is 57.3 Å². The van der Waals surface area contributed by atoms with Crippen LogP contribution in [0.3, 0.4) is 0 Å². The van der Waals surface area contributed by atoms with E-state index in [9.17, 15) is 9.59 Å². The summed E-state index contributed by atoms with van der Waals surface area (Å²) in [4.78, 5) is 26.9. The summed E-state index contributed by atoms with van der Waals surface area (Å²) in [6.45, 7) is 0. The molecular formula is C13H8BrClN2O3. The molecule has 0 aliphatic rings. The van der Waals surface area contributed by atoms with E-state index in [-0.39, 0.29) is 21.8 Å². The van der Waals surface area contributed by atoms with Crippen LogP contribution >= 0.6 is 27.5 Å². The number of rotatable bonds is 3. The molecule has 0 spiro atoms. The highest BCUT2D eigenvalue weighted by atomic mass is 79.9. The number of benzene rings is 1. The molecule has 102 valence electrons. The number of hydrogen-bond acceptors (Lipinski definition) is 3. The highest BCUT2D eigenvalue weighted by Gasteiger charge is 2.15. The number of carboxylic acid groups (broad SMARTS) is 1. The molecule has 2 rings (SSSR count). The summed E-state index contributed by atoms with van der Waals surface area (Å²) in [6, 6.07) is 6.10. The van der Waals surface area contributed by atoms with E-state index in [1.165, 1.54) is 18.5 Å². The molecule has 5 nitrogen and oxygen atoms in total. The van der Waals surface area contributed by atoms with Crippen molar-refractivity contribution in [1.29, 1.82) is 0 Å². The van der Waals surface area contributed by atoms with Gasteiger partial charge >= 0.3 is 5.97 Å². The molecule has 2 N–H and O–H groups in total. The highest BCUT2D eigenvalue weighted by Crippen LogP contribution is 2.23. The minimum absolute atomic E-state index is 0.0402. The fourth-order valence-electron chi connectivity index (χ4n) is 1.54. The first-order valence-electron chi connectivity index (χ1n) is 5.42. The van der Waals surface area contributed by atoms with Gasteiger partial charge in [-0.2, -0.15) is 0 Å². The molecule has 0 saturated carbocycles. The van der Waals surface area contributed by atoms with Gasteiger partial charge in [-0.25, -0.2) is 4.79 Å². The van der Waals surface area contributed by atoms with Crippen LogP contribution in [-0.2, 0) is 0 Å². The Morgan fingerprint density at radius 3 is 2.65 bits per heavy atom. The number of hydrogen-bond donors (Lipinski definition) is 2. The number of aromatic carboxylic acids is 1. The van der Waals surface area contributed by atoms with Crippen LogP contribution in [0.5, 0.6) is 0 Å². The lowest BCUT2D eigenvalue weighted by Gasteiger charge is -2.09. The Morgan fingerprint density at radius 2 is 2.00 bits per heavy atom. The van der Waals surface area contributed by atoms with Crippen molar-refractivity contribution < 1.29 is 14.7 Å². The molecule has 0 aliphatic carbocycles. The van der Waals surface area contributed by atoms with Gasteiger partial charge in [0.15, 0.2) is 0 Å². The SMILES string of the molecule is O=C(Nc1cnccc1C(=O)O)c1ccc(Br)cc1Cl. The molecule has 0 bridgehead atoms. The van der Waals surface area contributed by atoms with Crippen LogP contribution in [-0.4, -0.2) is 22.0 Å². The normalized spacial score (nSPS) is 10.1. The monoisotopic (exact) mass is 354 g/mol. The lowest BCUT2D eigenvalue weighted by atomic mass is 10.2. The molecule has 0 aliphatic heterocycles. The smallest absolute Gasteiger partial charge is 0.337 e. The molecule has 7 heteroatoms. The van der Waals surface area contributed by atoms with E-state index in [1.807, 2.05) is 0 Å². The number of amides is 1. The number of anilines is 1. The van der Waals surface area contributed by atoms with Crippen molar-refractivity contribution in [3.63, 3.8) is 0 Å². The van der Waals surface area contributed by atoms with Gasteiger partial charge in [-0.1, -0.05) is 27.5 Å². The Hall–Kier alpha value is -1.92. The van der Waals surface area contributed by atoms with E-state index in [0.29, 0.717) is 0 Å². The molecule has 0 atom stereocenters. The standard InChI is InChI=1S/C13H8BrClN2O3/c14-7-1-2-8(10(15)5-7)12(18)17-11-6-16-4-3-9(11)13(19)20/h1-6H,(H,17,18)(H,19,20). The summed E-state index contributed by atoms with van der Waals surface area (Å²) >= 11 is 9.21. The van der Waals surface area contributed by atoms with Gasteiger partial charge < -0.3 is 10.4 Å². The zero-order valence-corrected chi connectivity index (χ0v) is 12.3. The van der Waals surface area contributed by atoms with Crippen LogP contribution in [0.25, 0.3) is 0 Å². The third-order valence-corrected chi connectivity index (χ3v) is 3.28. The maximum atomic E-state index is 12.1. The summed E-state index contributed by atoms with van der Waals surface area (Å²) in [5.74, 6) is -1.65. The van der Waals surface area contributed by atoms with E-state index in [4.69, 9.17) is 16.7 Å². The van der Waals surface area contributed by atoms with Crippen molar-refractivity contribution in [2.24, 2.45) is 0 Å². The Kier molecular flexibility index (Phi) is 4.36. The highest BCUT2D eigenvalue weighted by molar-refractivity contribution is 9.10. The second kappa shape index (κ2) is 6.02. The first-order chi connectivity index (χ1) is 9.49. The van der Waals surface area contributed by atoms with Gasteiger partial charge in [0.05, 0.1) is 28.0 Å². The number of carbonyl (C=O) groups is 2. The molecule has 2 aromatic rings. The minimum Gasteiger partial charge on any atom is -0.478 e. The van der Waals surface area contributed by atoms with Gasteiger partial charge in [0.2, 0.25) is 0 Å². The van der Waals surface area contributed by atoms with E-state index in [0.717, 1.165) is 4.47 Å². The van der Waals surface area contributed by atoms with Crippen LogP contribution in [0.1, 0.15) is 20.7 Å². The molecule has 1 amide bonds. The van der Waals surface area contributed by atoms with Crippen molar-refractivity contribution in [2.45, 2.75) is 0 Å². The summed E-state index contributed by atoms with van der Waals surface area (Å²) < 4.78 is 0.742. The van der Waals surface area contributed by atoms with Crippen LogP contribution < -0.4 is 5.32 Å². The molecule has 0 fully saturated rings. The predicted molar refractivity (Wildman–Crippen MR) is 78.3 cm³/mol. The third kappa shape index (κ3) is 3.15. The van der Waals surface area contributed by atoms with E-state index < -0.39 is 11.9 Å². The first kappa shape index (κ1) is 14.5. The third-order valence-electron chi connectivity index (χ3n) is 2.48. The molecule has 0 unspecified atom stereocenters. The molecule has 20 heavy (non-hydrogen) atoms.